The van der Waals surface area contributed by atoms with Gasteiger partial charge >= 0.3 is 0 Å². The fourth-order valence-corrected chi connectivity index (χ4v) is 5.22. The Morgan fingerprint density at radius 1 is 1.17 bits per heavy atom. The first kappa shape index (κ1) is 24.4. The first-order valence-corrected chi connectivity index (χ1v) is 11.5. The predicted octanol–water partition coefficient (Wildman–Crippen LogP) is 1.85. The minimum absolute atomic E-state index is 0.00264. The van der Waals surface area contributed by atoms with Gasteiger partial charge in [0.05, 0.1) is 24.5 Å². The number of amides is 3. The van der Waals surface area contributed by atoms with Gasteiger partial charge in [-0.25, -0.2) is 0 Å². The van der Waals surface area contributed by atoms with Crippen LogP contribution in [0.2, 0.25) is 0 Å². The van der Waals surface area contributed by atoms with Gasteiger partial charge in [0, 0.05) is 19.0 Å². The van der Waals surface area contributed by atoms with E-state index in [1.165, 1.54) is 0 Å². The minimum atomic E-state index is -0.704. The van der Waals surface area contributed by atoms with Crippen LogP contribution < -0.4 is 10.6 Å². The smallest absolute Gasteiger partial charge is 0.243 e. The van der Waals surface area contributed by atoms with Gasteiger partial charge in [0.15, 0.2) is 0 Å². The highest BCUT2D eigenvalue weighted by Crippen LogP contribution is 2.46. The van der Waals surface area contributed by atoms with Gasteiger partial charge in [-0.2, -0.15) is 0 Å². The Hall–Kier alpha value is -1.89. The van der Waals surface area contributed by atoms with E-state index in [-0.39, 0.29) is 42.2 Å². The molecule has 3 amide bonds. The molecule has 1 aliphatic carbocycles. The van der Waals surface area contributed by atoms with E-state index in [0.717, 1.165) is 25.7 Å². The summed E-state index contributed by atoms with van der Waals surface area (Å²) in [6.45, 7) is 7.78. The number of fused-ring (bicyclic) bond motifs is 1. The lowest BCUT2D eigenvalue weighted by molar-refractivity contribution is -0.143. The normalized spacial score (nSPS) is 30.0. The fourth-order valence-electron chi connectivity index (χ4n) is 5.22. The van der Waals surface area contributed by atoms with Gasteiger partial charge < -0.3 is 20.6 Å². The van der Waals surface area contributed by atoms with Crippen LogP contribution in [0, 0.1) is 23.7 Å². The van der Waals surface area contributed by atoms with Crippen molar-refractivity contribution in [2.75, 3.05) is 13.7 Å². The highest BCUT2D eigenvalue weighted by Gasteiger charge is 2.58. The summed E-state index contributed by atoms with van der Waals surface area (Å²) in [5.41, 5.74) is 0. The molecule has 0 bridgehead atoms. The van der Waals surface area contributed by atoms with E-state index >= 15 is 0 Å². The van der Waals surface area contributed by atoms with E-state index in [2.05, 4.69) is 24.5 Å². The molecule has 1 aliphatic heterocycles. The van der Waals surface area contributed by atoms with Crippen LogP contribution in [-0.4, -0.2) is 59.5 Å². The lowest BCUT2D eigenvalue weighted by atomic mass is 9.68. The second-order valence-corrected chi connectivity index (χ2v) is 8.71. The molecular formula is C23H39N3O4. The van der Waals surface area contributed by atoms with Crippen LogP contribution in [0.15, 0.2) is 12.2 Å². The molecule has 0 spiro atoms. The van der Waals surface area contributed by atoms with Crippen molar-refractivity contribution in [1.82, 2.24) is 15.5 Å². The predicted molar refractivity (Wildman–Crippen MR) is 116 cm³/mol. The third kappa shape index (κ3) is 4.71. The third-order valence-corrected chi connectivity index (χ3v) is 6.67. The quantitative estimate of drug-likeness (QED) is 0.469. The summed E-state index contributed by atoms with van der Waals surface area (Å²) in [6, 6.07) is -1.14. The maximum absolute atomic E-state index is 13.6. The molecule has 1 saturated heterocycles. The first-order chi connectivity index (χ1) is 14.4. The summed E-state index contributed by atoms with van der Waals surface area (Å²) in [5, 5.41) is 15.7. The number of aliphatic hydroxyl groups is 1. The topological polar surface area (TPSA) is 98.7 Å². The zero-order valence-corrected chi connectivity index (χ0v) is 19.1. The van der Waals surface area contributed by atoms with E-state index in [0.29, 0.717) is 6.42 Å². The minimum Gasteiger partial charge on any atom is -0.394 e. The number of nitrogens with one attached hydrogen (secondary N) is 2. The number of likely N-dealkylation sites (tertiary alicyclic amines) is 1. The van der Waals surface area contributed by atoms with Crippen LogP contribution in [-0.2, 0) is 14.4 Å². The van der Waals surface area contributed by atoms with Gasteiger partial charge in [-0.05, 0) is 32.1 Å². The summed E-state index contributed by atoms with van der Waals surface area (Å²) in [7, 11) is 1.59. The van der Waals surface area contributed by atoms with Crippen molar-refractivity contribution in [2.45, 2.75) is 77.9 Å². The standard InChI is InChI=1S/C23H39N3O4/c1-6-9-14(4)25-22(29)20-17-12-11-15(10-7-2)18(21(28)24-5)19(17)23(30)26(20)16(8-3)13-27/h11-12,14-20,27H,6-10,13H2,1-5H3,(H,24,28)(H,25,29)/t14?,15-,16+,17+,18-,19+,20+/m1/s1. The average molecular weight is 422 g/mol. The van der Waals surface area contributed by atoms with E-state index < -0.39 is 23.9 Å². The molecule has 0 aromatic heterocycles. The van der Waals surface area contributed by atoms with Crippen LogP contribution in [0.1, 0.15) is 59.8 Å². The second-order valence-electron chi connectivity index (χ2n) is 8.71. The highest BCUT2D eigenvalue weighted by molar-refractivity contribution is 5.97. The molecule has 7 heteroatoms. The molecule has 1 fully saturated rings. The number of rotatable bonds is 10. The Bertz CT molecular complexity index is 646. The van der Waals surface area contributed by atoms with Crippen molar-refractivity contribution in [3.63, 3.8) is 0 Å². The number of hydrogen-bond donors (Lipinski definition) is 3. The van der Waals surface area contributed by atoms with Gasteiger partial charge in [0.2, 0.25) is 17.7 Å². The Morgan fingerprint density at radius 3 is 2.40 bits per heavy atom. The van der Waals surface area contributed by atoms with Crippen LogP contribution in [0.25, 0.3) is 0 Å². The Morgan fingerprint density at radius 2 is 1.87 bits per heavy atom. The van der Waals surface area contributed by atoms with E-state index in [4.69, 9.17) is 0 Å². The number of nitrogens with zero attached hydrogens (tertiary/aromatic N) is 1. The lowest BCUT2D eigenvalue weighted by Crippen LogP contribution is -2.53. The summed E-state index contributed by atoms with van der Waals surface area (Å²) in [4.78, 5) is 41.3. The molecule has 2 aliphatic rings. The first-order valence-electron chi connectivity index (χ1n) is 11.5. The van der Waals surface area contributed by atoms with Crippen LogP contribution in [0.4, 0.5) is 0 Å². The highest BCUT2D eigenvalue weighted by atomic mass is 16.3. The molecule has 1 unspecified atom stereocenters. The van der Waals surface area contributed by atoms with Crippen LogP contribution >= 0.6 is 0 Å². The largest absolute Gasteiger partial charge is 0.394 e. The van der Waals surface area contributed by atoms with E-state index in [1.807, 2.05) is 26.0 Å². The summed E-state index contributed by atoms with van der Waals surface area (Å²) in [6.07, 6.45) is 8.07. The Balaban J connectivity index is 2.48. The molecular weight excluding hydrogens is 382 g/mol. The van der Waals surface area contributed by atoms with Crippen molar-refractivity contribution in [2.24, 2.45) is 23.7 Å². The number of hydrogen-bond acceptors (Lipinski definition) is 4. The molecule has 3 N–H and O–H groups in total. The molecule has 2 rings (SSSR count). The summed E-state index contributed by atoms with van der Waals surface area (Å²) >= 11 is 0. The lowest BCUT2D eigenvalue weighted by Gasteiger charge is -2.34. The summed E-state index contributed by atoms with van der Waals surface area (Å²) in [5.74, 6) is -2.02. The Labute approximate surface area is 180 Å². The zero-order valence-electron chi connectivity index (χ0n) is 19.1. The van der Waals surface area contributed by atoms with Gasteiger partial charge in [-0.3, -0.25) is 14.4 Å². The van der Waals surface area contributed by atoms with Crippen molar-refractivity contribution in [3.05, 3.63) is 12.2 Å². The van der Waals surface area contributed by atoms with E-state index in [1.54, 1.807) is 11.9 Å². The average Bonchev–Trinajstić information content (AvgIpc) is 3.01. The number of allylic oxidation sites excluding steroid dienone is 1. The molecule has 0 radical (unpaired) electrons. The third-order valence-electron chi connectivity index (χ3n) is 6.67. The molecule has 30 heavy (non-hydrogen) atoms. The fraction of sp³-hybridized carbons (Fsp3) is 0.783. The monoisotopic (exact) mass is 421 g/mol. The Kier molecular flexibility index (Phi) is 8.89. The molecule has 0 saturated carbocycles. The van der Waals surface area contributed by atoms with Crippen molar-refractivity contribution >= 4 is 17.7 Å². The number of carbonyl (C=O) groups excluding carboxylic acids is 3. The molecule has 7 nitrogen and oxygen atoms in total. The molecule has 7 atom stereocenters. The van der Waals surface area contributed by atoms with Gasteiger partial charge in [0.1, 0.15) is 6.04 Å². The zero-order chi connectivity index (χ0) is 22.4. The van der Waals surface area contributed by atoms with Crippen LogP contribution in [0.3, 0.4) is 0 Å². The summed E-state index contributed by atoms with van der Waals surface area (Å²) < 4.78 is 0. The van der Waals surface area contributed by atoms with Gasteiger partial charge in [0.25, 0.3) is 0 Å². The van der Waals surface area contributed by atoms with E-state index in [9.17, 15) is 19.5 Å². The number of carbonyl (C=O) groups is 3. The van der Waals surface area contributed by atoms with Crippen molar-refractivity contribution < 1.29 is 19.5 Å². The maximum atomic E-state index is 13.6. The second kappa shape index (κ2) is 10.9. The number of aliphatic hydroxyl groups excluding tert-OH is 1. The van der Waals surface area contributed by atoms with Gasteiger partial charge in [-0.15, -0.1) is 0 Å². The van der Waals surface area contributed by atoms with Crippen molar-refractivity contribution in [1.29, 1.82) is 0 Å². The molecule has 0 aromatic rings. The van der Waals surface area contributed by atoms with Gasteiger partial charge in [-0.1, -0.05) is 45.8 Å². The SMILES string of the molecule is CCCC(C)NC(=O)[C@@H]1[C@H]2C=C[C@@H](CCC)[C@@H](C(=O)NC)[C@H]2C(=O)N1[C@@H](CC)CO. The van der Waals surface area contributed by atoms with Crippen LogP contribution in [0.5, 0.6) is 0 Å². The maximum Gasteiger partial charge on any atom is 0.243 e. The molecule has 1 heterocycles. The molecule has 0 aromatic carbocycles. The van der Waals surface area contributed by atoms with Crippen molar-refractivity contribution in [3.8, 4) is 0 Å². The molecule has 170 valence electrons.